The van der Waals surface area contributed by atoms with Gasteiger partial charge in [-0.25, -0.2) is 0 Å². The van der Waals surface area contributed by atoms with Crippen molar-refractivity contribution in [2.45, 2.75) is 82.5 Å². The lowest BCUT2D eigenvalue weighted by atomic mass is 9.60. The zero-order valence-electron chi connectivity index (χ0n) is 22.5. The molecule has 206 valence electrons. The second-order valence-corrected chi connectivity index (χ2v) is 11.5. The lowest BCUT2D eigenvalue weighted by molar-refractivity contribution is -0.125. The Hall–Kier alpha value is -3.27. The molecule has 4 rings (SSSR count). The van der Waals surface area contributed by atoms with Gasteiger partial charge in [0.2, 0.25) is 5.91 Å². The first-order valence-electron chi connectivity index (χ1n) is 13.4. The number of aliphatic imine (C=N–C) groups is 1. The number of nitrogens with two attached hydrogens (primary N) is 1. The number of benzene rings is 1. The molecule has 10 heteroatoms. The molecule has 0 saturated heterocycles. The molecule has 2 aliphatic carbocycles. The number of ether oxygens (including phenoxy) is 1. The molecule has 0 spiro atoms. The lowest BCUT2D eigenvalue weighted by Crippen LogP contribution is -2.50. The van der Waals surface area contributed by atoms with Gasteiger partial charge < -0.3 is 30.7 Å². The maximum Gasteiger partial charge on any atom is 0.255 e. The number of hydrogen-bond acceptors (Lipinski definition) is 8. The van der Waals surface area contributed by atoms with Crippen LogP contribution in [0.5, 0.6) is 5.75 Å². The number of rotatable bonds is 10. The third-order valence-electron chi connectivity index (χ3n) is 8.07. The van der Waals surface area contributed by atoms with E-state index < -0.39 is 17.2 Å². The molecule has 2 fully saturated rings. The maximum atomic E-state index is 13.1. The number of hydrogen-bond donors (Lipinski definition) is 3. The van der Waals surface area contributed by atoms with E-state index in [9.17, 15) is 19.5 Å². The number of carbonyl (C=O) groups excluding carboxylic acids is 3. The van der Waals surface area contributed by atoms with Gasteiger partial charge in [-0.1, -0.05) is 13.0 Å². The third-order valence-corrected chi connectivity index (χ3v) is 8.07. The van der Waals surface area contributed by atoms with Gasteiger partial charge in [-0.2, -0.15) is 5.10 Å². The summed E-state index contributed by atoms with van der Waals surface area (Å²) < 4.78 is 6.04. The van der Waals surface area contributed by atoms with Crippen molar-refractivity contribution in [1.29, 1.82) is 0 Å². The molecule has 0 aromatic heterocycles. The summed E-state index contributed by atoms with van der Waals surface area (Å²) in [5.41, 5.74) is 0.505. The monoisotopic (exact) mass is 525 g/mol. The highest BCUT2D eigenvalue weighted by molar-refractivity contribution is 6.31. The smallest absolute Gasteiger partial charge is 0.255 e. The minimum atomic E-state index is -0.750. The van der Waals surface area contributed by atoms with Crippen LogP contribution in [0.3, 0.4) is 0 Å². The topological polar surface area (TPSA) is 147 Å². The number of nitrogens with one attached hydrogen (secondary N) is 1. The molecule has 0 radical (unpaired) electrons. The number of nitrogens with zero attached hydrogens (tertiary/aromatic N) is 3. The predicted octanol–water partition coefficient (Wildman–Crippen LogP) is 2.22. The molecule has 1 aliphatic heterocycles. The first-order chi connectivity index (χ1) is 18.1. The van der Waals surface area contributed by atoms with Crippen molar-refractivity contribution in [3.05, 3.63) is 29.3 Å². The zero-order valence-corrected chi connectivity index (χ0v) is 22.5. The molecule has 2 saturated carbocycles. The molecule has 5 atom stereocenters. The van der Waals surface area contributed by atoms with Gasteiger partial charge >= 0.3 is 0 Å². The van der Waals surface area contributed by atoms with E-state index in [2.05, 4.69) is 24.3 Å². The quantitative estimate of drug-likeness (QED) is 0.185. The van der Waals surface area contributed by atoms with Crippen molar-refractivity contribution >= 4 is 30.0 Å². The molecular weight excluding hydrogens is 486 g/mol. The average Bonchev–Trinajstić information content (AvgIpc) is 3.19. The van der Waals surface area contributed by atoms with E-state index in [1.54, 1.807) is 24.4 Å². The van der Waals surface area contributed by atoms with Crippen molar-refractivity contribution in [3.63, 3.8) is 0 Å². The standard InChI is InChI=1S/C28H39N5O5/c1-18-10-19-12-27(2,17-28(37,11-18)13-19)31-14-20(32-29)16-38-24-8-4-6-21-22(24)15-33(26(21)36)23(7-5-9-34)25(35)30-3/h4,6,8-9,14,18-19,23,37H,5,7,10-13,15-17,29H2,1-3H3,(H,30,35). The van der Waals surface area contributed by atoms with Gasteiger partial charge in [-0.3, -0.25) is 14.6 Å². The van der Waals surface area contributed by atoms with Gasteiger partial charge in [0.05, 0.1) is 17.7 Å². The van der Waals surface area contributed by atoms with Crippen LogP contribution in [0.2, 0.25) is 0 Å². The Morgan fingerprint density at radius 1 is 1.37 bits per heavy atom. The van der Waals surface area contributed by atoms with E-state index in [1.807, 2.05) is 0 Å². The minimum Gasteiger partial charge on any atom is -0.487 e. The van der Waals surface area contributed by atoms with Gasteiger partial charge in [0.15, 0.2) is 0 Å². The summed E-state index contributed by atoms with van der Waals surface area (Å²) in [4.78, 5) is 42.8. The summed E-state index contributed by atoms with van der Waals surface area (Å²) in [5.74, 6) is 6.54. The summed E-state index contributed by atoms with van der Waals surface area (Å²) in [6.45, 7) is 4.52. The zero-order chi connectivity index (χ0) is 27.5. The first kappa shape index (κ1) is 27.8. The van der Waals surface area contributed by atoms with Crippen LogP contribution in [0.4, 0.5) is 0 Å². The first-order valence-corrected chi connectivity index (χ1v) is 13.4. The summed E-state index contributed by atoms with van der Waals surface area (Å²) in [6.07, 6.45) is 7.07. The predicted molar refractivity (Wildman–Crippen MR) is 144 cm³/mol. The second kappa shape index (κ2) is 11.2. The highest BCUT2D eigenvalue weighted by Crippen LogP contribution is 2.50. The van der Waals surface area contributed by atoms with Crippen LogP contribution in [0.1, 0.15) is 74.7 Å². The highest BCUT2D eigenvalue weighted by Gasteiger charge is 2.48. The van der Waals surface area contributed by atoms with Crippen molar-refractivity contribution < 1.29 is 24.2 Å². The van der Waals surface area contributed by atoms with Gasteiger partial charge in [-0.15, -0.1) is 0 Å². The fraction of sp³-hybridized carbons (Fsp3) is 0.607. The van der Waals surface area contributed by atoms with Crippen molar-refractivity contribution in [1.82, 2.24) is 10.2 Å². The van der Waals surface area contributed by atoms with Gasteiger partial charge in [0, 0.05) is 37.2 Å². The Morgan fingerprint density at radius 2 is 2.16 bits per heavy atom. The van der Waals surface area contributed by atoms with E-state index in [0.717, 1.165) is 32.0 Å². The third kappa shape index (κ3) is 5.90. The molecule has 1 aromatic rings. The molecule has 2 bridgehead atoms. The Morgan fingerprint density at radius 3 is 2.84 bits per heavy atom. The van der Waals surface area contributed by atoms with Crippen LogP contribution < -0.4 is 15.9 Å². The molecule has 1 aromatic carbocycles. The van der Waals surface area contributed by atoms with Gasteiger partial charge in [-0.05, 0) is 63.0 Å². The van der Waals surface area contributed by atoms with Gasteiger partial charge in [0.25, 0.3) is 5.91 Å². The summed E-state index contributed by atoms with van der Waals surface area (Å²) in [6, 6.07) is 4.45. The number of hydrazone groups is 1. The Kier molecular flexibility index (Phi) is 8.20. The number of fused-ring (bicyclic) bond motifs is 3. The van der Waals surface area contributed by atoms with Crippen LogP contribution in [0, 0.1) is 11.8 Å². The summed E-state index contributed by atoms with van der Waals surface area (Å²) in [7, 11) is 1.51. The Balaban J connectivity index is 1.44. The fourth-order valence-corrected chi connectivity index (χ4v) is 6.83. The normalized spacial score (nSPS) is 29.7. The van der Waals surface area contributed by atoms with Crippen LogP contribution >= 0.6 is 0 Å². The van der Waals surface area contributed by atoms with E-state index in [-0.39, 0.29) is 37.8 Å². The van der Waals surface area contributed by atoms with Crippen molar-refractivity contribution in [3.8, 4) is 5.75 Å². The molecule has 5 unspecified atom stereocenters. The van der Waals surface area contributed by atoms with Crippen LogP contribution in [-0.2, 0) is 16.1 Å². The number of aldehydes is 1. The lowest BCUT2D eigenvalue weighted by Gasteiger charge is -2.50. The van der Waals surface area contributed by atoms with Crippen molar-refractivity contribution in [2.24, 2.45) is 27.8 Å². The van der Waals surface area contributed by atoms with E-state index in [4.69, 9.17) is 15.6 Å². The molecular formula is C28H39N5O5. The molecule has 2 amide bonds. The molecule has 10 nitrogen and oxygen atoms in total. The van der Waals surface area contributed by atoms with E-state index in [1.165, 1.54) is 11.9 Å². The van der Waals surface area contributed by atoms with Crippen molar-refractivity contribution in [2.75, 3.05) is 13.7 Å². The number of amides is 2. The van der Waals surface area contributed by atoms with Crippen LogP contribution in [-0.4, -0.2) is 70.9 Å². The minimum absolute atomic E-state index is 0.0511. The summed E-state index contributed by atoms with van der Waals surface area (Å²) >= 11 is 0. The van der Waals surface area contributed by atoms with E-state index in [0.29, 0.717) is 40.8 Å². The fourth-order valence-electron chi connectivity index (χ4n) is 6.83. The molecule has 1 heterocycles. The number of carbonyl (C=O) groups is 3. The van der Waals surface area contributed by atoms with Gasteiger partial charge in [0.1, 0.15) is 30.4 Å². The van der Waals surface area contributed by atoms with Crippen LogP contribution in [0.25, 0.3) is 0 Å². The largest absolute Gasteiger partial charge is 0.487 e. The number of aliphatic hydroxyl groups is 1. The Labute approximate surface area is 223 Å². The molecule has 3 aliphatic rings. The maximum absolute atomic E-state index is 13.1. The average molecular weight is 526 g/mol. The SMILES string of the molecule is CNC(=O)C(CCC=O)N1Cc2c(OCC(C=NC3(C)CC4CC(C)CC(O)(C4)C3)=NN)cccc2C1=O. The van der Waals surface area contributed by atoms with Crippen LogP contribution in [0.15, 0.2) is 28.3 Å². The molecule has 38 heavy (non-hydrogen) atoms. The molecule has 4 N–H and O–H groups in total. The number of likely N-dealkylation sites (N-methyl/N-ethyl adjacent to an activating group) is 1. The summed E-state index contributed by atoms with van der Waals surface area (Å²) in [5, 5.41) is 17.6. The highest BCUT2D eigenvalue weighted by atomic mass is 16.5. The Bertz CT molecular complexity index is 1130. The van der Waals surface area contributed by atoms with E-state index >= 15 is 0 Å². The second-order valence-electron chi connectivity index (χ2n) is 11.5.